The molecule has 3 rings (SSSR count). The van der Waals surface area contributed by atoms with Gasteiger partial charge in [-0.05, 0) is 38.8 Å². The van der Waals surface area contributed by atoms with Crippen LogP contribution in [0.2, 0.25) is 0 Å². The molecule has 0 unspecified atom stereocenters. The van der Waals surface area contributed by atoms with Crippen molar-refractivity contribution in [2.75, 3.05) is 18.0 Å². The van der Waals surface area contributed by atoms with Gasteiger partial charge in [-0.25, -0.2) is 0 Å². The van der Waals surface area contributed by atoms with Gasteiger partial charge in [-0.2, -0.15) is 4.52 Å². The Morgan fingerprint density at radius 3 is 2.75 bits per heavy atom. The number of anilines is 1. The quantitative estimate of drug-likeness (QED) is 0.928. The van der Waals surface area contributed by atoms with Crippen LogP contribution >= 0.6 is 0 Å². The van der Waals surface area contributed by atoms with E-state index < -0.39 is 0 Å². The van der Waals surface area contributed by atoms with Crippen LogP contribution in [0.5, 0.6) is 0 Å². The highest BCUT2D eigenvalue weighted by Gasteiger charge is 2.27. The summed E-state index contributed by atoms with van der Waals surface area (Å²) in [6.07, 6.45) is 1.93. The monoisotopic (exact) mass is 330 g/mol. The van der Waals surface area contributed by atoms with Crippen LogP contribution in [-0.4, -0.2) is 44.8 Å². The summed E-state index contributed by atoms with van der Waals surface area (Å²) in [4.78, 5) is 14.5. The van der Waals surface area contributed by atoms with Gasteiger partial charge in [0.2, 0.25) is 5.91 Å². The van der Waals surface area contributed by atoms with E-state index >= 15 is 0 Å². The summed E-state index contributed by atoms with van der Waals surface area (Å²) in [5, 5.41) is 16.1. The van der Waals surface area contributed by atoms with Crippen molar-refractivity contribution in [1.29, 1.82) is 0 Å². The second-order valence-corrected chi connectivity index (χ2v) is 7.12. The summed E-state index contributed by atoms with van der Waals surface area (Å²) in [6.45, 7) is 9.77. The molecule has 0 aromatic carbocycles. The number of piperidine rings is 1. The normalized spacial score (nSPS) is 18.6. The fourth-order valence-electron chi connectivity index (χ4n) is 3.13. The maximum Gasteiger partial charge on any atom is 0.225 e. The first-order chi connectivity index (χ1) is 11.5. The molecule has 1 atom stereocenters. The number of amides is 1. The van der Waals surface area contributed by atoms with Gasteiger partial charge in [0.1, 0.15) is 5.82 Å². The minimum atomic E-state index is 0.0177. The smallest absolute Gasteiger partial charge is 0.225 e. The number of fused-ring (bicyclic) bond motifs is 1. The molecule has 0 radical (unpaired) electrons. The van der Waals surface area contributed by atoms with Crippen molar-refractivity contribution >= 4 is 17.4 Å². The second-order valence-electron chi connectivity index (χ2n) is 7.12. The number of hydrogen-bond donors (Lipinski definition) is 1. The van der Waals surface area contributed by atoms with Crippen molar-refractivity contribution in [2.24, 2.45) is 5.92 Å². The average molecular weight is 330 g/mol. The Bertz CT molecular complexity index is 723. The van der Waals surface area contributed by atoms with Crippen molar-refractivity contribution in [3.8, 4) is 0 Å². The molecule has 1 amide bonds. The molecule has 1 aliphatic rings. The highest BCUT2D eigenvalue weighted by atomic mass is 16.2. The Morgan fingerprint density at radius 1 is 1.25 bits per heavy atom. The van der Waals surface area contributed by atoms with Crippen molar-refractivity contribution in [3.05, 3.63) is 18.0 Å². The van der Waals surface area contributed by atoms with Gasteiger partial charge in [0.05, 0.1) is 5.92 Å². The molecule has 1 N–H and O–H groups in total. The Labute approximate surface area is 142 Å². The molecule has 0 saturated carbocycles. The van der Waals surface area contributed by atoms with E-state index in [9.17, 15) is 4.79 Å². The van der Waals surface area contributed by atoms with E-state index in [2.05, 4.69) is 34.3 Å². The molecule has 1 fully saturated rings. The van der Waals surface area contributed by atoms with Crippen molar-refractivity contribution in [2.45, 2.75) is 52.5 Å². The highest BCUT2D eigenvalue weighted by molar-refractivity contribution is 5.79. The van der Waals surface area contributed by atoms with Gasteiger partial charge in [0.25, 0.3) is 0 Å². The lowest BCUT2D eigenvalue weighted by Crippen LogP contribution is -2.45. The maximum atomic E-state index is 12.3. The van der Waals surface area contributed by atoms with Gasteiger partial charge >= 0.3 is 0 Å². The molecule has 1 aliphatic heterocycles. The zero-order valence-electron chi connectivity index (χ0n) is 14.9. The van der Waals surface area contributed by atoms with Crippen molar-refractivity contribution in [3.63, 3.8) is 0 Å². The zero-order valence-corrected chi connectivity index (χ0v) is 14.9. The zero-order chi connectivity index (χ0) is 17.3. The maximum absolute atomic E-state index is 12.3. The van der Waals surface area contributed by atoms with Crippen LogP contribution in [0.25, 0.3) is 5.65 Å². The summed E-state index contributed by atoms with van der Waals surface area (Å²) < 4.78 is 1.82. The third-order valence-electron chi connectivity index (χ3n) is 4.34. The summed E-state index contributed by atoms with van der Waals surface area (Å²) in [6, 6.07) is 4.09. The van der Waals surface area contributed by atoms with Crippen molar-refractivity contribution < 1.29 is 4.79 Å². The topological polar surface area (TPSA) is 75.4 Å². The molecule has 2 aromatic heterocycles. The van der Waals surface area contributed by atoms with Crippen LogP contribution in [0.3, 0.4) is 0 Å². The fourth-order valence-corrected chi connectivity index (χ4v) is 3.13. The number of rotatable bonds is 4. The summed E-state index contributed by atoms with van der Waals surface area (Å²) in [5.41, 5.74) is 0.758. The molecular formula is C17H26N6O. The van der Waals surface area contributed by atoms with Crippen LogP contribution in [-0.2, 0) is 4.79 Å². The van der Waals surface area contributed by atoms with Crippen LogP contribution in [0.15, 0.2) is 12.1 Å². The fraction of sp³-hybridized carbons (Fsp3) is 0.647. The standard InChI is InChI=1S/C17H26N6O/c1-11(2)16-20-19-14-7-8-15(21-23(14)16)22-9-5-6-13(10-22)17(24)18-12(3)4/h7-8,11-13H,5-6,9-10H2,1-4H3,(H,18,24)/t13-/m1/s1. The van der Waals surface area contributed by atoms with E-state index in [1.807, 2.05) is 30.5 Å². The van der Waals surface area contributed by atoms with Crippen LogP contribution < -0.4 is 10.2 Å². The SMILES string of the molecule is CC(C)NC(=O)[C@@H]1CCCN(c2ccc3nnc(C(C)C)n3n2)C1. The van der Waals surface area contributed by atoms with Gasteiger partial charge in [-0.3, -0.25) is 4.79 Å². The third-order valence-corrected chi connectivity index (χ3v) is 4.34. The minimum absolute atomic E-state index is 0.0177. The van der Waals surface area contributed by atoms with Gasteiger partial charge in [-0.15, -0.1) is 15.3 Å². The first-order valence-corrected chi connectivity index (χ1v) is 8.73. The van der Waals surface area contributed by atoms with E-state index in [0.717, 1.165) is 36.7 Å². The number of carbonyl (C=O) groups is 1. The molecule has 7 heteroatoms. The molecule has 0 bridgehead atoms. The van der Waals surface area contributed by atoms with E-state index in [1.165, 1.54) is 0 Å². The Balaban J connectivity index is 1.81. The molecule has 24 heavy (non-hydrogen) atoms. The largest absolute Gasteiger partial charge is 0.354 e. The molecule has 3 heterocycles. The Hall–Kier alpha value is -2.18. The first kappa shape index (κ1) is 16.7. The van der Waals surface area contributed by atoms with Gasteiger partial charge in [0, 0.05) is 25.0 Å². The van der Waals surface area contributed by atoms with Crippen LogP contribution in [0.1, 0.15) is 52.3 Å². The van der Waals surface area contributed by atoms with Gasteiger partial charge in [-0.1, -0.05) is 13.8 Å². The molecule has 0 spiro atoms. The van der Waals surface area contributed by atoms with E-state index in [4.69, 9.17) is 5.10 Å². The number of nitrogens with one attached hydrogen (secondary N) is 1. The molecule has 1 saturated heterocycles. The van der Waals surface area contributed by atoms with Gasteiger partial charge in [0.15, 0.2) is 11.5 Å². The number of hydrogen-bond acceptors (Lipinski definition) is 5. The van der Waals surface area contributed by atoms with E-state index in [1.54, 1.807) is 0 Å². The minimum Gasteiger partial charge on any atom is -0.354 e. The predicted octanol–water partition coefficient (Wildman–Crippen LogP) is 1.99. The molecule has 0 aliphatic carbocycles. The van der Waals surface area contributed by atoms with Gasteiger partial charge < -0.3 is 10.2 Å². The summed E-state index contributed by atoms with van der Waals surface area (Å²) >= 11 is 0. The van der Waals surface area contributed by atoms with E-state index in [0.29, 0.717) is 6.54 Å². The highest BCUT2D eigenvalue weighted by Crippen LogP contribution is 2.23. The third kappa shape index (κ3) is 3.34. The summed E-state index contributed by atoms with van der Waals surface area (Å²) in [7, 11) is 0. The average Bonchev–Trinajstić information content (AvgIpc) is 2.97. The molecule has 130 valence electrons. The van der Waals surface area contributed by atoms with Crippen LogP contribution in [0.4, 0.5) is 5.82 Å². The molecular weight excluding hydrogens is 304 g/mol. The van der Waals surface area contributed by atoms with E-state index in [-0.39, 0.29) is 23.8 Å². The first-order valence-electron chi connectivity index (χ1n) is 8.73. The number of carbonyl (C=O) groups excluding carboxylic acids is 1. The number of aromatic nitrogens is 4. The second kappa shape index (κ2) is 6.75. The Kier molecular flexibility index (Phi) is 4.69. The predicted molar refractivity (Wildman–Crippen MR) is 93.1 cm³/mol. The molecule has 7 nitrogen and oxygen atoms in total. The summed E-state index contributed by atoms with van der Waals surface area (Å²) in [5.74, 6) is 2.16. The lowest BCUT2D eigenvalue weighted by Gasteiger charge is -2.33. The Morgan fingerprint density at radius 2 is 2.04 bits per heavy atom. The van der Waals surface area contributed by atoms with Crippen LogP contribution in [0, 0.1) is 5.92 Å². The molecule has 2 aromatic rings. The van der Waals surface area contributed by atoms with Crippen molar-refractivity contribution in [1.82, 2.24) is 25.1 Å². The lowest BCUT2D eigenvalue weighted by atomic mass is 9.97. The number of nitrogens with zero attached hydrogens (tertiary/aromatic N) is 5. The lowest BCUT2D eigenvalue weighted by molar-refractivity contribution is -0.125.